The van der Waals surface area contributed by atoms with Gasteiger partial charge in [-0.2, -0.15) is 0 Å². The second-order valence-electron chi connectivity index (χ2n) is 6.98. The van der Waals surface area contributed by atoms with E-state index in [1.807, 2.05) is 0 Å². The zero-order valence-electron chi connectivity index (χ0n) is 11.0. The van der Waals surface area contributed by atoms with E-state index in [-0.39, 0.29) is 0 Å². The fourth-order valence-electron chi connectivity index (χ4n) is 4.83. The van der Waals surface area contributed by atoms with Crippen LogP contribution in [0.25, 0.3) is 0 Å². The van der Waals surface area contributed by atoms with Gasteiger partial charge in [-0.25, -0.2) is 0 Å². The van der Waals surface area contributed by atoms with Gasteiger partial charge in [0, 0.05) is 5.54 Å². The Bertz CT molecular complexity index is 252. The Morgan fingerprint density at radius 3 is 2.62 bits per heavy atom. The van der Waals surface area contributed by atoms with Crippen LogP contribution in [-0.2, 0) is 0 Å². The summed E-state index contributed by atoms with van der Waals surface area (Å²) in [5.41, 5.74) is 0.509. The predicted octanol–water partition coefficient (Wildman–Crippen LogP) is 3.59. The lowest BCUT2D eigenvalue weighted by Crippen LogP contribution is -2.46. The SMILES string of the molecule is CC(C)C1(CC2CC3CCC2C3)CCCN1. The van der Waals surface area contributed by atoms with Crippen LogP contribution in [0.2, 0.25) is 0 Å². The molecule has 3 aliphatic rings. The summed E-state index contributed by atoms with van der Waals surface area (Å²) in [5, 5.41) is 3.86. The summed E-state index contributed by atoms with van der Waals surface area (Å²) >= 11 is 0. The van der Waals surface area contributed by atoms with E-state index in [1.165, 1.54) is 25.8 Å². The highest BCUT2D eigenvalue weighted by atomic mass is 15.0. The largest absolute Gasteiger partial charge is 0.311 e. The molecule has 1 heteroatoms. The summed E-state index contributed by atoms with van der Waals surface area (Å²) in [5.74, 6) is 4.09. The molecular weight excluding hydrogens is 194 g/mol. The molecule has 0 aromatic carbocycles. The van der Waals surface area contributed by atoms with E-state index in [2.05, 4.69) is 19.2 Å². The Morgan fingerprint density at radius 2 is 2.12 bits per heavy atom. The molecule has 1 aliphatic heterocycles. The zero-order chi connectivity index (χ0) is 11.2. The Morgan fingerprint density at radius 1 is 1.25 bits per heavy atom. The van der Waals surface area contributed by atoms with Gasteiger partial charge in [0.15, 0.2) is 0 Å². The molecule has 0 radical (unpaired) electrons. The monoisotopic (exact) mass is 221 g/mol. The van der Waals surface area contributed by atoms with Gasteiger partial charge in [-0.3, -0.25) is 0 Å². The third kappa shape index (κ3) is 1.72. The molecule has 16 heavy (non-hydrogen) atoms. The Hall–Kier alpha value is -0.0400. The van der Waals surface area contributed by atoms with Crippen molar-refractivity contribution in [2.24, 2.45) is 23.7 Å². The van der Waals surface area contributed by atoms with Gasteiger partial charge in [0.1, 0.15) is 0 Å². The quantitative estimate of drug-likeness (QED) is 0.768. The van der Waals surface area contributed by atoms with Gasteiger partial charge in [0.05, 0.1) is 0 Å². The van der Waals surface area contributed by atoms with Crippen LogP contribution in [0.3, 0.4) is 0 Å². The van der Waals surface area contributed by atoms with Gasteiger partial charge in [-0.05, 0) is 68.7 Å². The molecule has 0 aromatic heterocycles. The average Bonchev–Trinajstić information content (AvgIpc) is 2.92. The third-order valence-electron chi connectivity index (χ3n) is 5.89. The standard InChI is InChI=1S/C15H27N/c1-11(2)15(6-3-7-16-15)10-14-9-12-4-5-13(14)8-12/h11-14,16H,3-10H2,1-2H3. The zero-order valence-corrected chi connectivity index (χ0v) is 11.0. The molecule has 4 atom stereocenters. The first kappa shape index (κ1) is 11.1. The van der Waals surface area contributed by atoms with Gasteiger partial charge in [-0.1, -0.05) is 20.3 Å². The maximum Gasteiger partial charge on any atom is 0.0207 e. The molecule has 2 saturated carbocycles. The van der Waals surface area contributed by atoms with E-state index in [1.54, 1.807) is 25.7 Å². The fraction of sp³-hybridized carbons (Fsp3) is 1.00. The van der Waals surface area contributed by atoms with E-state index in [4.69, 9.17) is 0 Å². The van der Waals surface area contributed by atoms with Crippen molar-refractivity contribution in [3.8, 4) is 0 Å². The number of rotatable bonds is 3. The van der Waals surface area contributed by atoms with Crippen molar-refractivity contribution in [2.45, 2.75) is 64.3 Å². The molecule has 1 heterocycles. The Kier molecular flexibility index (Phi) is 2.78. The smallest absolute Gasteiger partial charge is 0.0207 e. The van der Waals surface area contributed by atoms with Crippen molar-refractivity contribution < 1.29 is 0 Å². The van der Waals surface area contributed by atoms with Crippen LogP contribution < -0.4 is 5.32 Å². The summed E-state index contributed by atoms with van der Waals surface area (Å²) < 4.78 is 0. The summed E-state index contributed by atoms with van der Waals surface area (Å²) in [6, 6.07) is 0. The lowest BCUT2D eigenvalue weighted by Gasteiger charge is -2.38. The van der Waals surface area contributed by atoms with Crippen LogP contribution in [0.1, 0.15) is 58.8 Å². The minimum absolute atomic E-state index is 0.509. The van der Waals surface area contributed by atoms with Crippen LogP contribution in [0.5, 0.6) is 0 Å². The highest BCUT2D eigenvalue weighted by Crippen LogP contribution is 2.52. The molecule has 2 aliphatic carbocycles. The molecule has 1 nitrogen and oxygen atoms in total. The van der Waals surface area contributed by atoms with E-state index >= 15 is 0 Å². The van der Waals surface area contributed by atoms with Gasteiger partial charge < -0.3 is 5.32 Å². The summed E-state index contributed by atoms with van der Waals surface area (Å²) in [7, 11) is 0. The van der Waals surface area contributed by atoms with Gasteiger partial charge >= 0.3 is 0 Å². The molecule has 3 rings (SSSR count). The molecular formula is C15H27N. The van der Waals surface area contributed by atoms with E-state index < -0.39 is 0 Å². The summed E-state index contributed by atoms with van der Waals surface area (Å²) in [4.78, 5) is 0. The first-order chi connectivity index (χ1) is 7.70. The first-order valence-electron chi connectivity index (χ1n) is 7.45. The van der Waals surface area contributed by atoms with E-state index in [0.717, 1.165) is 23.7 Å². The molecule has 2 bridgehead atoms. The van der Waals surface area contributed by atoms with Gasteiger partial charge in [-0.15, -0.1) is 0 Å². The molecule has 1 N–H and O–H groups in total. The molecule has 92 valence electrons. The van der Waals surface area contributed by atoms with Gasteiger partial charge in [0.2, 0.25) is 0 Å². The summed E-state index contributed by atoms with van der Waals surface area (Å²) in [6.07, 6.45) is 10.5. The van der Waals surface area contributed by atoms with Crippen molar-refractivity contribution in [1.82, 2.24) is 5.32 Å². The molecule has 3 fully saturated rings. The number of hydrogen-bond acceptors (Lipinski definition) is 1. The Balaban J connectivity index is 1.68. The molecule has 0 aromatic rings. The lowest BCUT2D eigenvalue weighted by atomic mass is 9.73. The second-order valence-corrected chi connectivity index (χ2v) is 6.98. The molecule has 0 amide bonds. The predicted molar refractivity (Wildman–Crippen MR) is 68.4 cm³/mol. The molecule has 0 spiro atoms. The van der Waals surface area contributed by atoms with Crippen molar-refractivity contribution >= 4 is 0 Å². The minimum atomic E-state index is 0.509. The van der Waals surface area contributed by atoms with Crippen LogP contribution in [0.4, 0.5) is 0 Å². The van der Waals surface area contributed by atoms with Crippen LogP contribution in [0.15, 0.2) is 0 Å². The Labute approximate surface area is 100 Å². The van der Waals surface area contributed by atoms with Crippen molar-refractivity contribution in [2.75, 3.05) is 6.54 Å². The normalized spacial score (nSPS) is 47.1. The van der Waals surface area contributed by atoms with Crippen LogP contribution in [-0.4, -0.2) is 12.1 Å². The van der Waals surface area contributed by atoms with E-state index in [0.29, 0.717) is 5.54 Å². The van der Waals surface area contributed by atoms with Crippen LogP contribution in [0, 0.1) is 23.7 Å². The molecule has 4 unspecified atom stereocenters. The third-order valence-corrected chi connectivity index (χ3v) is 5.89. The first-order valence-corrected chi connectivity index (χ1v) is 7.45. The minimum Gasteiger partial charge on any atom is -0.311 e. The number of hydrogen-bond donors (Lipinski definition) is 1. The van der Waals surface area contributed by atoms with Crippen molar-refractivity contribution in [1.29, 1.82) is 0 Å². The average molecular weight is 221 g/mol. The van der Waals surface area contributed by atoms with Gasteiger partial charge in [0.25, 0.3) is 0 Å². The number of nitrogens with one attached hydrogen (secondary N) is 1. The highest BCUT2D eigenvalue weighted by Gasteiger charge is 2.45. The lowest BCUT2D eigenvalue weighted by molar-refractivity contribution is 0.175. The number of fused-ring (bicyclic) bond motifs is 2. The second kappa shape index (κ2) is 4.01. The fourth-order valence-corrected chi connectivity index (χ4v) is 4.83. The topological polar surface area (TPSA) is 12.0 Å². The van der Waals surface area contributed by atoms with E-state index in [9.17, 15) is 0 Å². The van der Waals surface area contributed by atoms with Crippen molar-refractivity contribution in [3.63, 3.8) is 0 Å². The van der Waals surface area contributed by atoms with Crippen molar-refractivity contribution in [3.05, 3.63) is 0 Å². The van der Waals surface area contributed by atoms with Crippen LogP contribution >= 0.6 is 0 Å². The maximum atomic E-state index is 3.86. The molecule has 1 saturated heterocycles. The highest BCUT2D eigenvalue weighted by molar-refractivity contribution is 5.01. The maximum absolute atomic E-state index is 3.86. The summed E-state index contributed by atoms with van der Waals surface area (Å²) in [6.45, 7) is 6.11.